The number of hydrogen-bond acceptors (Lipinski definition) is 6. The fourth-order valence-electron chi connectivity index (χ4n) is 2.84. The number of thiophene rings is 1. The molecule has 1 fully saturated rings. The van der Waals surface area contributed by atoms with Gasteiger partial charge in [-0.2, -0.15) is 5.10 Å². The van der Waals surface area contributed by atoms with Crippen LogP contribution in [0.4, 0.5) is 0 Å². The highest BCUT2D eigenvalue weighted by atomic mass is 32.1. The molecular formula is C16H24N4O2S. The number of rotatable bonds is 7. The molecule has 0 saturated carbocycles. The molecule has 3 N–H and O–H groups in total. The number of morpholine rings is 1. The highest BCUT2D eigenvalue weighted by molar-refractivity contribution is 7.13. The highest BCUT2D eigenvalue weighted by Gasteiger charge is 2.25. The van der Waals surface area contributed by atoms with E-state index in [0.29, 0.717) is 19.6 Å². The smallest absolute Gasteiger partial charge is 0.0869 e. The average Bonchev–Trinajstić information content (AvgIpc) is 3.18. The Morgan fingerprint density at radius 3 is 3.04 bits per heavy atom. The molecular weight excluding hydrogens is 312 g/mol. The summed E-state index contributed by atoms with van der Waals surface area (Å²) in [5.41, 5.74) is 1.42. The fourth-order valence-corrected chi connectivity index (χ4v) is 3.60. The van der Waals surface area contributed by atoms with Crippen LogP contribution >= 0.6 is 11.3 Å². The van der Waals surface area contributed by atoms with Gasteiger partial charge < -0.3 is 15.2 Å². The van der Waals surface area contributed by atoms with Crippen LogP contribution in [0.3, 0.4) is 0 Å². The zero-order chi connectivity index (χ0) is 16.1. The quantitative estimate of drug-likeness (QED) is 0.711. The molecule has 0 spiro atoms. The lowest BCUT2D eigenvalue weighted by Crippen LogP contribution is -2.50. The van der Waals surface area contributed by atoms with Crippen molar-refractivity contribution in [2.24, 2.45) is 0 Å². The first-order valence-electron chi connectivity index (χ1n) is 7.93. The molecule has 1 saturated heterocycles. The lowest BCUT2D eigenvalue weighted by molar-refractivity contribution is -0.0219. The molecule has 126 valence electrons. The number of nitrogens with one attached hydrogen (secondary N) is 2. The highest BCUT2D eigenvalue weighted by Crippen LogP contribution is 2.25. The number of aromatic amines is 1. The second kappa shape index (κ2) is 7.55. The van der Waals surface area contributed by atoms with Crippen LogP contribution in [0.5, 0.6) is 0 Å². The van der Waals surface area contributed by atoms with Crippen LogP contribution in [0.15, 0.2) is 23.7 Å². The predicted octanol–water partition coefficient (Wildman–Crippen LogP) is 1.31. The van der Waals surface area contributed by atoms with Gasteiger partial charge in [-0.25, -0.2) is 0 Å². The Bertz CT molecular complexity index is 591. The average molecular weight is 336 g/mol. The number of H-pyrrole nitrogens is 1. The third-order valence-corrected chi connectivity index (χ3v) is 4.86. The summed E-state index contributed by atoms with van der Waals surface area (Å²) in [6, 6.07) is 4.11. The molecule has 7 heteroatoms. The van der Waals surface area contributed by atoms with Gasteiger partial charge in [-0.3, -0.25) is 10.00 Å². The van der Waals surface area contributed by atoms with Gasteiger partial charge in [0.2, 0.25) is 0 Å². The minimum absolute atomic E-state index is 0.541. The van der Waals surface area contributed by atoms with E-state index in [1.807, 2.05) is 19.2 Å². The van der Waals surface area contributed by atoms with Gasteiger partial charge in [0.15, 0.2) is 0 Å². The van der Waals surface area contributed by atoms with E-state index in [9.17, 15) is 5.11 Å². The minimum Gasteiger partial charge on any atom is -0.388 e. The summed E-state index contributed by atoms with van der Waals surface area (Å²) in [5.74, 6) is 0. The first-order valence-corrected chi connectivity index (χ1v) is 8.81. The number of aliphatic hydroxyl groups is 1. The Kier molecular flexibility index (Phi) is 5.45. The normalized spacial score (nSPS) is 18.9. The third kappa shape index (κ3) is 4.62. The lowest BCUT2D eigenvalue weighted by Gasteiger charge is -2.34. The molecule has 2 aromatic rings. The molecule has 0 aliphatic carbocycles. The molecule has 6 nitrogen and oxygen atoms in total. The molecule has 0 amide bonds. The molecule has 0 radical (unpaired) electrons. The van der Waals surface area contributed by atoms with Gasteiger partial charge in [0.05, 0.1) is 35.6 Å². The summed E-state index contributed by atoms with van der Waals surface area (Å²) >= 11 is 1.69. The van der Waals surface area contributed by atoms with Gasteiger partial charge in [0.1, 0.15) is 0 Å². The maximum Gasteiger partial charge on any atom is 0.0869 e. The Labute approximate surface area is 140 Å². The molecule has 1 aliphatic rings. The SMILES string of the molecule is CC(O)(CNCc1cn[nH]c1-c1cccs1)CN1CCOCC1. The number of ether oxygens (including phenoxy) is 1. The summed E-state index contributed by atoms with van der Waals surface area (Å²) in [5, 5.41) is 23.2. The van der Waals surface area contributed by atoms with E-state index in [1.54, 1.807) is 11.3 Å². The molecule has 3 rings (SSSR count). The van der Waals surface area contributed by atoms with Gasteiger partial charge in [0.25, 0.3) is 0 Å². The van der Waals surface area contributed by atoms with Crippen molar-refractivity contribution in [3.8, 4) is 10.6 Å². The maximum atomic E-state index is 10.6. The van der Waals surface area contributed by atoms with E-state index in [-0.39, 0.29) is 0 Å². The summed E-state index contributed by atoms with van der Waals surface area (Å²) in [6.07, 6.45) is 1.85. The molecule has 1 atom stereocenters. The fraction of sp³-hybridized carbons (Fsp3) is 0.562. The topological polar surface area (TPSA) is 73.4 Å². The van der Waals surface area contributed by atoms with Crippen LogP contribution in [-0.2, 0) is 11.3 Å². The van der Waals surface area contributed by atoms with Crippen molar-refractivity contribution >= 4 is 11.3 Å². The monoisotopic (exact) mass is 336 g/mol. The predicted molar refractivity (Wildman–Crippen MR) is 91.5 cm³/mol. The van der Waals surface area contributed by atoms with E-state index in [4.69, 9.17) is 4.74 Å². The minimum atomic E-state index is -0.760. The van der Waals surface area contributed by atoms with Crippen molar-refractivity contribution < 1.29 is 9.84 Å². The van der Waals surface area contributed by atoms with Crippen LogP contribution in [0.25, 0.3) is 10.6 Å². The second-order valence-electron chi connectivity index (χ2n) is 6.24. The first-order chi connectivity index (χ1) is 11.1. The number of nitrogens with zero attached hydrogens (tertiary/aromatic N) is 2. The van der Waals surface area contributed by atoms with Crippen LogP contribution in [-0.4, -0.2) is 65.2 Å². The summed E-state index contributed by atoms with van der Waals surface area (Å²) in [4.78, 5) is 3.43. The first kappa shape index (κ1) is 16.6. The molecule has 0 aromatic carbocycles. The van der Waals surface area contributed by atoms with Gasteiger partial charge in [-0.15, -0.1) is 11.3 Å². The van der Waals surface area contributed by atoms with Crippen LogP contribution < -0.4 is 5.32 Å². The lowest BCUT2D eigenvalue weighted by atomic mass is 10.1. The summed E-state index contributed by atoms with van der Waals surface area (Å²) in [7, 11) is 0. The molecule has 3 heterocycles. The molecule has 1 aliphatic heterocycles. The standard InChI is InChI=1S/C16H24N4O2S/c1-16(21,12-20-4-6-22-7-5-20)11-17-9-13-10-18-19-15(13)14-3-2-8-23-14/h2-3,8,10,17,21H,4-7,9,11-12H2,1H3,(H,18,19). The van der Waals surface area contributed by atoms with Crippen molar-refractivity contribution in [2.45, 2.75) is 19.1 Å². The maximum absolute atomic E-state index is 10.6. The van der Waals surface area contributed by atoms with Crippen molar-refractivity contribution in [1.82, 2.24) is 20.4 Å². The van der Waals surface area contributed by atoms with Crippen LogP contribution in [0, 0.1) is 0 Å². The van der Waals surface area contributed by atoms with E-state index >= 15 is 0 Å². The van der Waals surface area contributed by atoms with Gasteiger partial charge >= 0.3 is 0 Å². The Morgan fingerprint density at radius 1 is 1.48 bits per heavy atom. The van der Waals surface area contributed by atoms with Crippen LogP contribution in [0.2, 0.25) is 0 Å². The zero-order valence-corrected chi connectivity index (χ0v) is 14.2. The summed E-state index contributed by atoms with van der Waals surface area (Å²) in [6.45, 7) is 7.05. The molecule has 2 aromatic heterocycles. The van der Waals surface area contributed by atoms with E-state index < -0.39 is 5.60 Å². The van der Waals surface area contributed by atoms with E-state index in [0.717, 1.165) is 37.6 Å². The third-order valence-electron chi connectivity index (χ3n) is 3.97. The van der Waals surface area contributed by atoms with Gasteiger partial charge in [0, 0.05) is 38.3 Å². The van der Waals surface area contributed by atoms with Crippen molar-refractivity contribution in [3.63, 3.8) is 0 Å². The summed E-state index contributed by atoms with van der Waals surface area (Å²) < 4.78 is 5.34. The molecule has 23 heavy (non-hydrogen) atoms. The second-order valence-corrected chi connectivity index (χ2v) is 7.18. The Balaban J connectivity index is 1.50. The van der Waals surface area contributed by atoms with Crippen LogP contribution in [0.1, 0.15) is 12.5 Å². The van der Waals surface area contributed by atoms with Crippen molar-refractivity contribution in [1.29, 1.82) is 0 Å². The number of β-amino-alcohol motifs (C(OH)–C–C–N with tert-alkyl or cyclic N) is 1. The van der Waals surface area contributed by atoms with E-state index in [1.165, 1.54) is 4.88 Å². The van der Waals surface area contributed by atoms with Crippen molar-refractivity contribution in [3.05, 3.63) is 29.3 Å². The number of aromatic nitrogens is 2. The Hall–Kier alpha value is -1.25. The molecule has 1 unspecified atom stereocenters. The molecule has 0 bridgehead atoms. The zero-order valence-electron chi connectivity index (χ0n) is 13.4. The van der Waals surface area contributed by atoms with Gasteiger partial charge in [-0.1, -0.05) is 6.07 Å². The largest absolute Gasteiger partial charge is 0.388 e. The van der Waals surface area contributed by atoms with E-state index in [2.05, 4.69) is 31.9 Å². The van der Waals surface area contributed by atoms with Crippen molar-refractivity contribution in [2.75, 3.05) is 39.4 Å². The Morgan fingerprint density at radius 2 is 2.30 bits per heavy atom. The number of hydrogen-bond donors (Lipinski definition) is 3. The van der Waals surface area contributed by atoms with Gasteiger partial charge in [-0.05, 0) is 18.4 Å².